The summed E-state index contributed by atoms with van der Waals surface area (Å²) in [5.41, 5.74) is 0.295. The third-order valence-electron chi connectivity index (χ3n) is 2.97. The van der Waals surface area contributed by atoms with Crippen LogP contribution in [0.25, 0.3) is 10.9 Å². The predicted molar refractivity (Wildman–Crippen MR) is 64.6 cm³/mol. The van der Waals surface area contributed by atoms with E-state index in [4.69, 9.17) is 11.6 Å². The molecule has 1 aromatic carbocycles. The largest absolute Gasteiger partial charge is 0.508 e. The highest BCUT2D eigenvalue weighted by Gasteiger charge is 2.23. The van der Waals surface area contributed by atoms with Crippen molar-refractivity contribution in [1.82, 2.24) is 14.9 Å². The van der Waals surface area contributed by atoms with Crippen LogP contribution in [0.3, 0.4) is 0 Å². The van der Waals surface area contributed by atoms with Gasteiger partial charge in [0.1, 0.15) is 5.75 Å². The number of aromatic nitrogens is 2. The van der Waals surface area contributed by atoms with Gasteiger partial charge in [0.05, 0.1) is 16.9 Å². The maximum atomic E-state index is 12.2. The number of phenolic OH excluding ortho intramolecular Hbond substituents is 1. The molecule has 0 bridgehead atoms. The Kier molecular flexibility index (Phi) is 2.31. The van der Waals surface area contributed by atoms with Crippen LogP contribution in [0.1, 0.15) is 6.04 Å². The van der Waals surface area contributed by atoms with E-state index in [0.717, 1.165) is 0 Å². The zero-order valence-electron chi connectivity index (χ0n) is 8.85. The third-order valence-corrected chi connectivity index (χ3v) is 3.23. The molecule has 3 rings (SSSR count). The molecule has 0 saturated carbocycles. The maximum Gasteiger partial charge on any atom is 0.262 e. The fourth-order valence-corrected chi connectivity index (χ4v) is 2.24. The van der Waals surface area contributed by atoms with Gasteiger partial charge in [-0.25, -0.2) is 4.98 Å². The quantitative estimate of drug-likeness (QED) is 0.739. The van der Waals surface area contributed by atoms with Crippen molar-refractivity contribution in [2.24, 2.45) is 0 Å². The fourth-order valence-electron chi connectivity index (χ4n) is 1.93. The molecule has 1 aromatic heterocycles. The lowest BCUT2D eigenvalue weighted by molar-refractivity contribution is 0.335. The Morgan fingerprint density at radius 2 is 2.24 bits per heavy atom. The summed E-state index contributed by atoms with van der Waals surface area (Å²) < 4.78 is 1.47. The number of hydrogen-bond acceptors (Lipinski definition) is 4. The second-order valence-electron chi connectivity index (χ2n) is 4.07. The van der Waals surface area contributed by atoms with Crippen LogP contribution >= 0.6 is 11.6 Å². The van der Waals surface area contributed by atoms with Crippen LogP contribution in [0.15, 0.2) is 23.0 Å². The number of benzene rings is 1. The minimum atomic E-state index is -0.206. The van der Waals surface area contributed by atoms with Gasteiger partial charge in [0.2, 0.25) is 5.28 Å². The van der Waals surface area contributed by atoms with Gasteiger partial charge in [-0.2, -0.15) is 0 Å². The van der Waals surface area contributed by atoms with Crippen LogP contribution in [0.2, 0.25) is 5.28 Å². The first-order chi connectivity index (χ1) is 8.16. The Balaban J connectivity index is 2.32. The van der Waals surface area contributed by atoms with Gasteiger partial charge in [0, 0.05) is 13.1 Å². The molecule has 0 aliphatic carbocycles. The van der Waals surface area contributed by atoms with Crippen molar-refractivity contribution < 1.29 is 5.11 Å². The Hall–Kier alpha value is -1.59. The number of phenols is 1. The van der Waals surface area contributed by atoms with E-state index in [1.165, 1.54) is 16.7 Å². The molecule has 0 amide bonds. The molecule has 0 spiro atoms. The predicted octanol–water partition coefficient (Wildman–Crippen LogP) is 0.900. The standard InChI is InChI=1S/C11H10ClN3O2/c12-11-14-9-2-1-7(16)3-8(9)10(17)15(11)6-4-13-5-6/h1-3,6,13,16H,4-5H2. The summed E-state index contributed by atoms with van der Waals surface area (Å²) in [6, 6.07) is 4.54. The van der Waals surface area contributed by atoms with Crippen molar-refractivity contribution in [3.63, 3.8) is 0 Å². The number of halogens is 1. The number of nitrogens with zero attached hydrogens (tertiary/aromatic N) is 2. The maximum absolute atomic E-state index is 12.2. The van der Waals surface area contributed by atoms with Crippen molar-refractivity contribution in [2.75, 3.05) is 13.1 Å². The summed E-state index contributed by atoms with van der Waals surface area (Å²) in [5, 5.41) is 13.1. The Morgan fingerprint density at radius 3 is 2.88 bits per heavy atom. The molecule has 1 saturated heterocycles. The van der Waals surface area contributed by atoms with Gasteiger partial charge in [0.15, 0.2) is 0 Å². The second-order valence-corrected chi connectivity index (χ2v) is 4.41. The van der Waals surface area contributed by atoms with E-state index in [9.17, 15) is 9.90 Å². The van der Waals surface area contributed by atoms with E-state index in [1.54, 1.807) is 6.07 Å². The molecule has 1 aliphatic heterocycles. The average Bonchev–Trinajstić information content (AvgIpc) is 2.23. The Bertz CT molecular complexity index is 649. The Labute approximate surface area is 102 Å². The number of nitrogens with one attached hydrogen (secondary N) is 1. The van der Waals surface area contributed by atoms with Gasteiger partial charge in [0.25, 0.3) is 5.56 Å². The lowest BCUT2D eigenvalue weighted by atomic mass is 10.1. The zero-order chi connectivity index (χ0) is 12.0. The average molecular weight is 252 g/mol. The fraction of sp³-hybridized carbons (Fsp3) is 0.273. The van der Waals surface area contributed by atoms with Crippen LogP contribution in [-0.4, -0.2) is 27.7 Å². The molecule has 6 heteroatoms. The molecule has 2 aromatic rings. The molecule has 1 aliphatic rings. The van der Waals surface area contributed by atoms with Gasteiger partial charge in [-0.3, -0.25) is 9.36 Å². The summed E-state index contributed by atoms with van der Waals surface area (Å²) >= 11 is 6.02. The molecule has 1 fully saturated rings. The highest BCUT2D eigenvalue weighted by atomic mass is 35.5. The normalized spacial score (nSPS) is 16.1. The molecule has 2 N–H and O–H groups in total. The lowest BCUT2D eigenvalue weighted by Crippen LogP contribution is -2.47. The van der Waals surface area contributed by atoms with Crippen LogP contribution in [0, 0.1) is 0 Å². The SMILES string of the molecule is O=c1c2cc(O)ccc2nc(Cl)n1C1CNC1. The van der Waals surface area contributed by atoms with Crippen LogP contribution in [-0.2, 0) is 0 Å². The molecule has 17 heavy (non-hydrogen) atoms. The number of rotatable bonds is 1. The van der Waals surface area contributed by atoms with Gasteiger partial charge in [-0.15, -0.1) is 0 Å². The summed E-state index contributed by atoms with van der Waals surface area (Å²) in [6.07, 6.45) is 0. The molecule has 88 valence electrons. The van der Waals surface area contributed by atoms with E-state index in [1.807, 2.05) is 0 Å². The Morgan fingerprint density at radius 1 is 1.47 bits per heavy atom. The highest BCUT2D eigenvalue weighted by molar-refractivity contribution is 6.28. The number of hydrogen-bond donors (Lipinski definition) is 2. The van der Waals surface area contributed by atoms with Crippen molar-refractivity contribution in [3.05, 3.63) is 33.8 Å². The molecule has 5 nitrogen and oxygen atoms in total. The monoisotopic (exact) mass is 251 g/mol. The van der Waals surface area contributed by atoms with Crippen LogP contribution in [0.5, 0.6) is 5.75 Å². The van der Waals surface area contributed by atoms with Gasteiger partial charge in [-0.05, 0) is 29.8 Å². The summed E-state index contributed by atoms with van der Waals surface area (Å²) in [4.78, 5) is 16.4. The third kappa shape index (κ3) is 1.59. The highest BCUT2D eigenvalue weighted by Crippen LogP contribution is 2.20. The number of fused-ring (bicyclic) bond motifs is 1. The van der Waals surface area contributed by atoms with Crippen LogP contribution < -0.4 is 10.9 Å². The van der Waals surface area contributed by atoms with E-state index >= 15 is 0 Å². The molecule has 0 atom stereocenters. The van der Waals surface area contributed by atoms with E-state index in [-0.39, 0.29) is 22.6 Å². The van der Waals surface area contributed by atoms with Gasteiger partial charge >= 0.3 is 0 Å². The summed E-state index contributed by atoms with van der Waals surface area (Å²) in [5.74, 6) is 0.0528. The lowest BCUT2D eigenvalue weighted by Gasteiger charge is -2.29. The minimum Gasteiger partial charge on any atom is -0.508 e. The molecular formula is C11H10ClN3O2. The first-order valence-electron chi connectivity index (χ1n) is 5.28. The van der Waals surface area contributed by atoms with E-state index < -0.39 is 0 Å². The molecule has 2 heterocycles. The topological polar surface area (TPSA) is 67.1 Å². The molecule has 0 unspecified atom stereocenters. The van der Waals surface area contributed by atoms with E-state index in [0.29, 0.717) is 24.0 Å². The first-order valence-corrected chi connectivity index (χ1v) is 5.66. The molecular weight excluding hydrogens is 242 g/mol. The number of aromatic hydroxyl groups is 1. The minimum absolute atomic E-state index is 0.0502. The smallest absolute Gasteiger partial charge is 0.262 e. The summed E-state index contributed by atoms with van der Waals surface area (Å²) in [7, 11) is 0. The van der Waals surface area contributed by atoms with Crippen molar-refractivity contribution >= 4 is 22.5 Å². The zero-order valence-corrected chi connectivity index (χ0v) is 9.61. The summed E-state index contributed by atoms with van der Waals surface area (Å²) in [6.45, 7) is 1.43. The van der Waals surface area contributed by atoms with Crippen LogP contribution in [0.4, 0.5) is 0 Å². The first kappa shape index (κ1) is 10.6. The van der Waals surface area contributed by atoms with Crippen molar-refractivity contribution in [1.29, 1.82) is 0 Å². The van der Waals surface area contributed by atoms with Gasteiger partial charge in [-0.1, -0.05) is 0 Å². The molecule has 0 radical (unpaired) electrons. The van der Waals surface area contributed by atoms with Crippen molar-refractivity contribution in [3.8, 4) is 5.75 Å². The van der Waals surface area contributed by atoms with Crippen molar-refractivity contribution in [2.45, 2.75) is 6.04 Å². The van der Waals surface area contributed by atoms with Gasteiger partial charge < -0.3 is 10.4 Å². The van der Waals surface area contributed by atoms with E-state index in [2.05, 4.69) is 10.3 Å². The second kappa shape index (κ2) is 3.72.